The molecule has 2 fully saturated rings. The Kier molecular flexibility index (Phi) is 5.69. The number of aliphatic hydroxyl groups excluding tert-OH is 1. The lowest BCUT2D eigenvalue weighted by atomic mass is 10.0. The number of pyridine rings is 1. The number of carbonyl (C=O) groups excluding carboxylic acids is 1. The molecule has 0 bridgehead atoms. The molecule has 1 aliphatic carbocycles. The molecule has 36 heavy (non-hydrogen) atoms. The molecule has 188 valence electrons. The second-order valence-corrected chi connectivity index (χ2v) is 10.0. The number of likely N-dealkylation sites (N-methyl/N-ethyl adjacent to an activating group) is 1. The first-order valence-corrected chi connectivity index (χ1v) is 12.6. The van der Waals surface area contributed by atoms with Crippen molar-refractivity contribution in [1.29, 1.82) is 0 Å². The number of likely N-dealkylation sites (tertiary alicyclic amines) is 1. The Bertz CT molecular complexity index is 1450. The highest BCUT2D eigenvalue weighted by atomic mass is 16.5. The fraction of sp³-hybridized carbons (Fsp3) is 0.444. The van der Waals surface area contributed by atoms with E-state index in [0.29, 0.717) is 42.3 Å². The highest BCUT2D eigenvalue weighted by Crippen LogP contribution is 2.37. The number of methoxy groups -OCH3 is 1. The predicted octanol–water partition coefficient (Wildman–Crippen LogP) is 2.80. The van der Waals surface area contributed by atoms with Crippen LogP contribution in [0.5, 0.6) is 5.75 Å². The second-order valence-electron chi connectivity index (χ2n) is 10.0. The number of hydrogen-bond acceptors (Lipinski definition) is 6. The Morgan fingerprint density at radius 2 is 2.08 bits per heavy atom. The lowest BCUT2D eigenvalue weighted by molar-refractivity contribution is 0.0396. The largest absolute Gasteiger partial charge is 0.494 e. The van der Waals surface area contributed by atoms with Crippen molar-refractivity contribution in [1.82, 2.24) is 29.3 Å². The van der Waals surface area contributed by atoms with Crippen LogP contribution in [0.15, 0.2) is 36.5 Å². The van der Waals surface area contributed by atoms with E-state index in [4.69, 9.17) is 9.72 Å². The van der Waals surface area contributed by atoms with E-state index in [9.17, 15) is 9.90 Å². The maximum absolute atomic E-state index is 13.5. The molecule has 2 N–H and O–H groups in total. The van der Waals surface area contributed by atoms with Crippen molar-refractivity contribution in [2.75, 3.05) is 27.2 Å². The molecule has 4 aromatic rings. The molecule has 0 unspecified atom stereocenters. The van der Waals surface area contributed by atoms with E-state index in [2.05, 4.69) is 27.0 Å². The van der Waals surface area contributed by atoms with Crippen molar-refractivity contribution >= 4 is 28.0 Å². The maximum atomic E-state index is 13.5. The first-order chi connectivity index (χ1) is 17.5. The van der Waals surface area contributed by atoms with E-state index < -0.39 is 6.10 Å². The zero-order valence-corrected chi connectivity index (χ0v) is 20.9. The Morgan fingerprint density at radius 3 is 2.83 bits per heavy atom. The number of fused-ring (bicyclic) bond motifs is 2. The van der Waals surface area contributed by atoms with Crippen molar-refractivity contribution in [3.63, 3.8) is 0 Å². The van der Waals surface area contributed by atoms with Gasteiger partial charge in [0, 0.05) is 43.8 Å². The molecule has 6 rings (SSSR count). The highest BCUT2D eigenvalue weighted by molar-refractivity contribution is 6.00. The molecule has 9 nitrogen and oxygen atoms in total. The van der Waals surface area contributed by atoms with Gasteiger partial charge in [-0.2, -0.15) is 0 Å². The summed E-state index contributed by atoms with van der Waals surface area (Å²) in [5, 5.41) is 14.4. The Labute approximate surface area is 209 Å². The van der Waals surface area contributed by atoms with E-state index in [1.807, 2.05) is 37.0 Å². The molecule has 1 aromatic carbocycles. The van der Waals surface area contributed by atoms with Crippen molar-refractivity contribution < 1.29 is 14.6 Å². The zero-order chi connectivity index (χ0) is 25.0. The normalized spacial score (nSPS) is 20.4. The third-order valence-corrected chi connectivity index (χ3v) is 7.66. The van der Waals surface area contributed by atoms with Crippen molar-refractivity contribution in [2.24, 2.45) is 13.0 Å². The summed E-state index contributed by atoms with van der Waals surface area (Å²) in [7, 11) is 5.42. The van der Waals surface area contributed by atoms with E-state index >= 15 is 0 Å². The van der Waals surface area contributed by atoms with Crippen LogP contribution in [-0.4, -0.2) is 74.4 Å². The number of imidazole rings is 1. The molecular formula is C27H32N6O3. The molecule has 1 amide bonds. The van der Waals surface area contributed by atoms with Crippen LogP contribution >= 0.6 is 0 Å². The van der Waals surface area contributed by atoms with Crippen molar-refractivity contribution in [2.45, 2.75) is 38.0 Å². The number of benzene rings is 1. The number of hydrogen-bond donors (Lipinski definition) is 2. The second kappa shape index (κ2) is 8.90. The van der Waals surface area contributed by atoms with Gasteiger partial charge in [-0.15, -0.1) is 0 Å². The number of aliphatic hydroxyl groups is 1. The summed E-state index contributed by atoms with van der Waals surface area (Å²) in [6, 6.07) is 9.72. The highest BCUT2D eigenvalue weighted by Gasteiger charge is 2.31. The Morgan fingerprint density at radius 1 is 1.25 bits per heavy atom. The molecule has 2 aliphatic rings. The molecule has 1 saturated carbocycles. The van der Waals surface area contributed by atoms with Crippen molar-refractivity contribution in [3.8, 4) is 17.3 Å². The van der Waals surface area contributed by atoms with Crippen molar-refractivity contribution in [3.05, 3.63) is 42.1 Å². The number of rotatable bonds is 6. The minimum absolute atomic E-state index is 0.0819. The smallest absolute Gasteiger partial charge is 0.254 e. The monoisotopic (exact) mass is 488 g/mol. The first kappa shape index (κ1) is 23.0. The van der Waals surface area contributed by atoms with Gasteiger partial charge in [0.15, 0.2) is 5.82 Å². The van der Waals surface area contributed by atoms with Gasteiger partial charge in [0.05, 0.1) is 30.5 Å². The maximum Gasteiger partial charge on any atom is 0.254 e. The minimum Gasteiger partial charge on any atom is -0.494 e. The molecule has 9 heteroatoms. The molecule has 4 heterocycles. The van der Waals surface area contributed by atoms with Gasteiger partial charge in [0.25, 0.3) is 5.91 Å². The Hall–Kier alpha value is -3.43. The average Bonchev–Trinajstić information content (AvgIpc) is 3.57. The average molecular weight is 489 g/mol. The van der Waals surface area contributed by atoms with Crippen LogP contribution in [0.2, 0.25) is 0 Å². The molecule has 2 atom stereocenters. The molecule has 3 aromatic heterocycles. The van der Waals surface area contributed by atoms with Crippen LogP contribution < -0.4 is 10.1 Å². The number of carbonyl (C=O) groups is 1. The summed E-state index contributed by atoms with van der Waals surface area (Å²) >= 11 is 0. The van der Waals surface area contributed by atoms with Crippen LogP contribution in [0, 0.1) is 5.92 Å². The Balaban J connectivity index is 1.43. The van der Waals surface area contributed by atoms with Crippen LogP contribution in [0.1, 0.15) is 29.6 Å². The number of amides is 1. The van der Waals surface area contributed by atoms with E-state index in [-0.39, 0.29) is 11.9 Å². The predicted molar refractivity (Wildman–Crippen MR) is 138 cm³/mol. The van der Waals surface area contributed by atoms with Gasteiger partial charge in [-0.3, -0.25) is 4.79 Å². The number of aryl methyl sites for hydroxylation is 1. The zero-order valence-electron chi connectivity index (χ0n) is 20.9. The van der Waals surface area contributed by atoms with E-state index in [1.165, 1.54) is 12.8 Å². The van der Waals surface area contributed by atoms with Gasteiger partial charge in [-0.1, -0.05) is 0 Å². The third-order valence-electron chi connectivity index (χ3n) is 7.66. The molecule has 1 aliphatic heterocycles. The number of aromatic nitrogens is 4. The molecule has 0 radical (unpaired) electrons. The van der Waals surface area contributed by atoms with Crippen LogP contribution in [0.25, 0.3) is 33.6 Å². The van der Waals surface area contributed by atoms with E-state index in [0.717, 1.165) is 34.6 Å². The number of nitrogens with one attached hydrogen (secondary N) is 1. The number of nitrogens with zero attached hydrogens (tertiary/aromatic N) is 5. The molecule has 0 spiro atoms. The lowest BCUT2D eigenvalue weighted by Crippen LogP contribution is -2.54. The number of ether oxygens (including phenoxy) is 1. The van der Waals surface area contributed by atoms with E-state index in [1.54, 1.807) is 18.1 Å². The van der Waals surface area contributed by atoms with Gasteiger partial charge in [-0.25, -0.2) is 9.97 Å². The SMILES string of the molecule is CN[C@H]1CN(C(=O)c2cc(OC)c3c(c2)nc(-c2cc4cccnc4n2CC2CC2)n3C)CC[C@@H]1O. The summed E-state index contributed by atoms with van der Waals surface area (Å²) in [6.07, 6.45) is 4.42. The van der Waals surface area contributed by atoms with Gasteiger partial charge in [-0.05, 0) is 62.6 Å². The van der Waals surface area contributed by atoms with Crippen LogP contribution in [0.3, 0.4) is 0 Å². The van der Waals surface area contributed by atoms with Crippen LogP contribution in [-0.2, 0) is 13.6 Å². The van der Waals surface area contributed by atoms with Gasteiger partial charge < -0.3 is 29.2 Å². The fourth-order valence-electron chi connectivity index (χ4n) is 5.42. The third kappa shape index (κ3) is 3.83. The quantitative estimate of drug-likeness (QED) is 0.433. The topological polar surface area (TPSA) is 97.4 Å². The van der Waals surface area contributed by atoms with Gasteiger partial charge in [0.2, 0.25) is 0 Å². The standard InChI is InChI=1S/C27H32N6O3/c1-28-20-15-32(10-8-22(20)34)27(35)18-11-19-24(23(13-18)36-3)31(2)26(30-19)21-12-17-5-4-9-29-25(17)33(21)14-16-6-7-16/h4-5,9,11-13,16,20,22,28,34H,6-8,10,14-15H2,1-3H3/t20-,22-/m0/s1. The van der Waals surface area contributed by atoms with Crippen LogP contribution in [0.4, 0.5) is 0 Å². The first-order valence-electron chi connectivity index (χ1n) is 12.6. The molecular weight excluding hydrogens is 456 g/mol. The fourth-order valence-corrected chi connectivity index (χ4v) is 5.42. The molecule has 1 saturated heterocycles. The number of piperidine rings is 1. The minimum atomic E-state index is -0.453. The summed E-state index contributed by atoms with van der Waals surface area (Å²) in [5.41, 5.74) is 4.10. The van der Waals surface area contributed by atoms with Gasteiger partial charge in [0.1, 0.15) is 16.9 Å². The summed E-state index contributed by atoms with van der Waals surface area (Å²) in [5.74, 6) is 2.03. The lowest BCUT2D eigenvalue weighted by Gasteiger charge is -2.36. The summed E-state index contributed by atoms with van der Waals surface area (Å²) in [6.45, 7) is 1.90. The summed E-state index contributed by atoms with van der Waals surface area (Å²) in [4.78, 5) is 24.9. The summed E-state index contributed by atoms with van der Waals surface area (Å²) < 4.78 is 10.1. The van der Waals surface area contributed by atoms with Gasteiger partial charge >= 0.3 is 0 Å².